The zero-order valence-corrected chi connectivity index (χ0v) is 13.4. The summed E-state index contributed by atoms with van der Waals surface area (Å²) in [5.41, 5.74) is 0.426. The highest BCUT2D eigenvalue weighted by atomic mass is 16.3. The highest BCUT2D eigenvalue weighted by Gasteiger charge is 2.38. The van der Waals surface area contributed by atoms with Crippen molar-refractivity contribution in [2.75, 3.05) is 13.6 Å². The van der Waals surface area contributed by atoms with E-state index >= 15 is 0 Å². The topological polar surface area (TPSA) is 23.5 Å². The standard InChI is InChI=1S/C17H33NO/c1-5-17(2,3)14-9-10-16(19)15(11-14)18(4)12-13-7-6-8-13/h13-16,19H,5-12H2,1-4H3. The molecule has 2 rings (SSSR count). The van der Waals surface area contributed by atoms with Crippen molar-refractivity contribution in [1.29, 1.82) is 0 Å². The van der Waals surface area contributed by atoms with E-state index in [4.69, 9.17) is 0 Å². The molecule has 0 aromatic carbocycles. The second kappa shape index (κ2) is 6.13. The predicted octanol–water partition coefficient (Wildman–Crippen LogP) is 3.68. The average molecular weight is 267 g/mol. The van der Waals surface area contributed by atoms with Gasteiger partial charge in [-0.2, -0.15) is 0 Å². The third-order valence-electron chi connectivity index (χ3n) is 6.13. The van der Waals surface area contributed by atoms with Gasteiger partial charge in [-0.05, 0) is 56.4 Å². The van der Waals surface area contributed by atoms with Crippen LogP contribution in [0.4, 0.5) is 0 Å². The number of hydrogen-bond acceptors (Lipinski definition) is 2. The lowest BCUT2D eigenvalue weighted by Crippen LogP contribution is -2.49. The van der Waals surface area contributed by atoms with Crippen LogP contribution in [-0.4, -0.2) is 35.7 Å². The van der Waals surface area contributed by atoms with E-state index < -0.39 is 0 Å². The number of aliphatic hydroxyl groups excluding tert-OH is 1. The van der Waals surface area contributed by atoms with Gasteiger partial charge in [0.2, 0.25) is 0 Å². The van der Waals surface area contributed by atoms with Crippen LogP contribution in [0.5, 0.6) is 0 Å². The van der Waals surface area contributed by atoms with Gasteiger partial charge in [0.1, 0.15) is 0 Å². The molecule has 0 amide bonds. The number of likely N-dealkylation sites (N-methyl/N-ethyl adjacent to an activating group) is 1. The molecule has 19 heavy (non-hydrogen) atoms. The molecule has 0 spiro atoms. The molecule has 2 fully saturated rings. The van der Waals surface area contributed by atoms with Crippen molar-refractivity contribution in [3.8, 4) is 0 Å². The van der Waals surface area contributed by atoms with Gasteiger partial charge in [-0.15, -0.1) is 0 Å². The number of aliphatic hydroxyl groups is 1. The SMILES string of the molecule is CCC(C)(C)C1CCC(O)C(N(C)CC2CCC2)C1. The summed E-state index contributed by atoms with van der Waals surface area (Å²) in [4.78, 5) is 2.46. The minimum absolute atomic E-state index is 0.103. The summed E-state index contributed by atoms with van der Waals surface area (Å²) >= 11 is 0. The van der Waals surface area contributed by atoms with Gasteiger partial charge in [-0.25, -0.2) is 0 Å². The fraction of sp³-hybridized carbons (Fsp3) is 1.00. The summed E-state index contributed by atoms with van der Waals surface area (Å²) < 4.78 is 0. The summed E-state index contributed by atoms with van der Waals surface area (Å²) in [5.74, 6) is 1.67. The molecular formula is C17H33NO. The van der Waals surface area contributed by atoms with Crippen molar-refractivity contribution < 1.29 is 5.11 Å². The summed E-state index contributed by atoms with van der Waals surface area (Å²) in [6.45, 7) is 8.30. The minimum atomic E-state index is -0.103. The van der Waals surface area contributed by atoms with Crippen molar-refractivity contribution in [2.45, 2.75) is 77.9 Å². The first-order chi connectivity index (χ1) is 8.94. The second-order valence-electron chi connectivity index (χ2n) is 7.72. The minimum Gasteiger partial charge on any atom is -0.391 e. The van der Waals surface area contributed by atoms with Gasteiger partial charge < -0.3 is 10.0 Å². The molecule has 0 aromatic heterocycles. The van der Waals surface area contributed by atoms with Gasteiger partial charge in [0, 0.05) is 12.6 Å². The van der Waals surface area contributed by atoms with Gasteiger partial charge in [0.05, 0.1) is 6.10 Å². The Morgan fingerprint density at radius 3 is 2.37 bits per heavy atom. The molecule has 2 heteroatoms. The lowest BCUT2D eigenvalue weighted by Gasteiger charge is -2.45. The first-order valence-corrected chi connectivity index (χ1v) is 8.32. The molecule has 2 saturated carbocycles. The monoisotopic (exact) mass is 267 g/mol. The number of rotatable bonds is 5. The molecule has 3 unspecified atom stereocenters. The van der Waals surface area contributed by atoms with Crippen LogP contribution in [0.2, 0.25) is 0 Å². The van der Waals surface area contributed by atoms with Crippen LogP contribution in [0, 0.1) is 17.3 Å². The van der Waals surface area contributed by atoms with Gasteiger partial charge >= 0.3 is 0 Å². The Labute approximate surface area is 119 Å². The maximum Gasteiger partial charge on any atom is 0.0695 e. The lowest BCUT2D eigenvalue weighted by molar-refractivity contribution is -0.0197. The number of hydrogen-bond donors (Lipinski definition) is 1. The Bertz CT molecular complexity index is 285. The van der Waals surface area contributed by atoms with E-state index in [0.29, 0.717) is 11.5 Å². The van der Waals surface area contributed by atoms with Crippen LogP contribution in [0.15, 0.2) is 0 Å². The van der Waals surface area contributed by atoms with Crippen LogP contribution in [0.1, 0.15) is 65.7 Å². The summed E-state index contributed by atoms with van der Waals surface area (Å²) in [7, 11) is 2.23. The largest absolute Gasteiger partial charge is 0.391 e. The lowest BCUT2D eigenvalue weighted by atomic mass is 9.67. The van der Waals surface area contributed by atoms with E-state index in [2.05, 4.69) is 32.7 Å². The van der Waals surface area contributed by atoms with E-state index in [-0.39, 0.29) is 6.10 Å². The molecule has 0 heterocycles. The van der Waals surface area contributed by atoms with Crippen LogP contribution in [0.25, 0.3) is 0 Å². The highest BCUT2D eigenvalue weighted by Crippen LogP contribution is 2.42. The Kier molecular flexibility index (Phi) is 4.94. The Hall–Kier alpha value is -0.0800. The zero-order chi connectivity index (χ0) is 14.0. The fourth-order valence-electron chi connectivity index (χ4n) is 3.82. The average Bonchev–Trinajstić information content (AvgIpc) is 2.33. The Morgan fingerprint density at radius 2 is 1.84 bits per heavy atom. The smallest absolute Gasteiger partial charge is 0.0695 e. The molecule has 3 atom stereocenters. The molecule has 0 bridgehead atoms. The fourth-order valence-corrected chi connectivity index (χ4v) is 3.82. The van der Waals surface area contributed by atoms with Crippen molar-refractivity contribution in [1.82, 2.24) is 4.90 Å². The Morgan fingerprint density at radius 1 is 1.16 bits per heavy atom. The number of nitrogens with zero attached hydrogens (tertiary/aromatic N) is 1. The van der Waals surface area contributed by atoms with Crippen LogP contribution >= 0.6 is 0 Å². The van der Waals surface area contributed by atoms with Crippen molar-refractivity contribution in [2.24, 2.45) is 17.3 Å². The van der Waals surface area contributed by atoms with Crippen molar-refractivity contribution in [3.63, 3.8) is 0 Å². The Balaban J connectivity index is 1.93. The van der Waals surface area contributed by atoms with E-state index in [1.54, 1.807) is 0 Å². The summed E-state index contributed by atoms with van der Waals surface area (Å²) in [6, 6.07) is 0.394. The molecule has 112 valence electrons. The van der Waals surface area contributed by atoms with Gasteiger partial charge in [0.25, 0.3) is 0 Å². The molecule has 0 aromatic rings. The molecule has 0 saturated heterocycles. The molecule has 2 nitrogen and oxygen atoms in total. The second-order valence-corrected chi connectivity index (χ2v) is 7.72. The third kappa shape index (κ3) is 3.52. The summed E-state index contributed by atoms with van der Waals surface area (Å²) in [6.07, 6.45) is 8.74. The zero-order valence-electron chi connectivity index (χ0n) is 13.4. The van der Waals surface area contributed by atoms with E-state index in [0.717, 1.165) is 18.3 Å². The summed E-state index contributed by atoms with van der Waals surface area (Å²) in [5, 5.41) is 10.4. The first kappa shape index (κ1) is 15.3. The molecule has 0 radical (unpaired) electrons. The highest BCUT2D eigenvalue weighted by molar-refractivity contribution is 4.91. The molecule has 2 aliphatic carbocycles. The molecule has 0 aliphatic heterocycles. The van der Waals surface area contributed by atoms with Gasteiger partial charge in [-0.1, -0.05) is 33.6 Å². The van der Waals surface area contributed by atoms with E-state index in [9.17, 15) is 5.11 Å². The maximum atomic E-state index is 10.4. The van der Waals surface area contributed by atoms with Crippen LogP contribution < -0.4 is 0 Å². The molecular weight excluding hydrogens is 234 g/mol. The molecule has 2 aliphatic rings. The van der Waals surface area contributed by atoms with Crippen LogP contribution in [-0.2, 0) is 0 Å². The first-order valence-electron chi connectivity index (χ1n) is 8.32. The van der Waals surface area contributed by atoms with Gasteiger partial charge in [-0.3, -0.25) is 0 Å². The predicted molar refractivity (Wildman–Crippen MR) is 81.2 cm³/mol. The van der Waals surface area contributed by atoms with Crippen molar-refractivity contribution >= 4 is 0 Å². The third-order valence-corrected chi connectivity index (χ3v) is 6.13. The normalized spacial score (nSPS) is 33.5. The molecule has 1 N–H and O–H groups in total. The van der Waals surface area contributed by atoms with Crippen LogP contribution in [0.3, 0.4) is 0 Å². The maximum absolute atomic E-state index is 10.4. The van der Waals surface area contributed by atoms with E-state index in [1.807, 2.05) is 0 Å². The van der Waals surface area contributed by atoms with E-state index in [1.165, 1.54) is 45.1 Å². The van der Waals surface area contributed by atoms with Gasteiger partial charge in [0.15, 0.2) is 0 Å². The van der Waals surface area contributed by atoms with Crippen molar-refractivity contribution in [3.05, 3.63) is 0 Å². The quantitative estimate of drug-likeness (QED) is 0.821.